The van der Waals surface area contributed by atoms with Crippen LogP contribution < -0.4 is 5.73 Å². The van der Waals surface area contributed by atoms with Crippen LogP contribution in [0.1, 0.15) is 12.0 Å². The Hall–Kier alpha value is -1.44. The van der Waals surface area contributed by atoms with Crippen molar-refractivity contribution in [3.05, 3.63) is 35.9 Å². The maximum Gasteiger partial charge on any atom is 0.323 e. The number of benzene rings is 1. The minimum absolute atomic E-state index is 0.0840. The topological polar surface area (TPSA) is 95.7 Å². The van der Waals surface area contributed by atoms with Crippen molar-refractivity contribution in [2.45, 2.75) is 19.1 Å². The Kier molecular flexibility index (Phi) is 5.94. The van der Waals surface area contributed by atoms with Crippen LogP contribution >= 0.6 is 0 Å². The van der Waals surface area contributed by atoms with Gasteiger partial charge in [-0.05, 0) is 12.0 Å². The van der Waals surface area contributed by atoms with Gasteiger partial charge < -0.3 is 10.5 Å². The molecule has 1 atom stereocenters. The first-order chi connectivity index (χ1) is 8.88. The molecule has 0 aliphatic rings. The normalized spacial score (nSPS) is 12.9. The van der Waals surface area contributed by atoms with Crippen LogP contribution in [-0.2, 0) is 30.4 Å². The quantitative estimate of drug-likeness (QED) is 0.577. The van der Waals surface area contributed by atoms with Gasteiger partial charge in [0, 0.05) is 0 Å². The third-order valence-corrected chi connectivity index (χ3v) is 2.85. The van der Waals surface area contributed by atoms with Crippen molar-refractivity contribution < 1.29 is 22.1 Å². The average molecular weight is 287 g/mol. The highest BCUT2D eigenvalue weighted by Crippen LogP contribution is 2.03. The lowest BCUT2D eigenvalue weighted by Crippen LogP contribution is -2.33. The minimum Gasteiger partial charge on any atom is -0.460 e. The van der Waals surface area contributed by atoms with Crippen molar-refractivity contribution in [2.24, 2.45) is 5.73 Å². The number of carbonyl (C=O) groups is 1. The van der Waals surface area contributed by atoms with Gasteiger partial charge in [-0.15, -0.1) is 0 Å². The molecule has 0 aromatic heterocycles. The zero-order chi connectivity index (χ0) is 14.3. The maximum absolute atomic E-state index is 11.5. The summed E-state index contributed by atoms with van der Waals surface area (Å²) < 4.78 is 30.9. The van der Waals surface area contributed by atoms with Crippen LogP contribution in [-0.4, -0.2) is 33.3 Å². The smallest absolute Gasteiger partial charge is 0.323 e. The SMILES string of the molecule is CS(=O)(=O)OCCC(N)C(=O)OCc1ccccc1. The number of hydrogen-bond donors (Lipinski definition) is 1. The van der Waals surface area contributed by atoms with E-state index in [0.717, 1.165) is 11.8 Å². The maximum atomic E-state index is 11.5. The highest BCUT2D eigenvalue weighted by molar-refractivity contribution is 7.85. The van der Waals surface area contributed by atoms with Crippen molar-refractivity contribution in [2.75, 3.05) is 12.9 Å². The second kappa shape index (κ2) is 7.22. The van der Waals surface area contributed by atoms with Gasteiger partial charge in [-0.3, -0.25) is 8.98 Å². The van der Waals surface area contributed by atoms with Crippen molar-refractivity contribution in [1.29, 1.82) is 0 Å². The number of rotatable bonds is 7. The second-order valence-corrected chi connectivity index (χ2v) is 5.66. The van der Waals surface area contributed by atoms with Gasteiger partial charge in [-0.2, -0.15) is 8.42 Å². The Morgan fingerprint density at radius 1 is 1.32 bits per heavy atom. The molecule has 0 spiro atoms. The summed E-state index contributed by atoms with van der Waals surface area (Å²) in [6, 6.07) is 8.29. The fourth-order valence-electron chi connectivity index (χ4n) is 1.28. The first-order valence-corrected chi connectivity index (χ1v) is 7.50. The van der Waals surface area contributed by atoms with E-state index in [0.29, 0.717) is 0 Å². The highest BCUT2D eigenvalue weighted by Gasteiger charge is 2.16. The summed E-state index contributed by atoms with van der Waals surface area (Å²) in [5.41, 5.74) is 6.42. The molecule has 1 unspecified atom stereocenters. The molecule has 0 saturated heterocycles. The molecule has 0 bridgehead atoms. The molecule has 6 nitrogen and oxygen atoms in total. The first kappa shape index (κ1) is 15.6. The van der Waals surface area contributed by atoms with E-state index in [1.807, 2.05) is 30.3 Å². The van der Waals surface area contributed by atoms with Gasteiger partial charge in [0.1, 0.15) is 12.6 Å². The molecule has 0 aliphatic carbocycles. The van der Waals surface area contributed by atoms with Crippen molar-refractivity contribution in [3.63, 3.8) is 0 Å². The van der Waals surface area contributed by atoms with Gasteiger partial charge in [-0.25, -0.2) is 0 Å². The summed E-state index contributed by atoms with van der Waals surface area (Å²) in [4.78, 5) is 11.5. The fraction of sp³-hybridized carbons (Fsp3) is 0.417. The standard InChI is InChI=1S/C12H17NO5S/c1-19(15,16)18-8-7-11(13)12(14)17-9-10-5-3-2-4-6-10/h2-6,11H,7-9,13H2,1H3. The Bertz CT molecular complexity index is 500. The zero-order valence-corrected chi connectivity index (χ0v) is 11.4. The monoisotopic (exact) mass is 287 g/mol. The van der Waals surface area contributed by atoms with E-state index in [1.165, 1.54) is 0 Å². The molecule has 1 aromatic carbocycles. The average Bonchev–Trinajstić information content (AvgIpc) is 2.35. The molecule has 19 heavy (non-hydrogen) atoms. The van der Waals surface area contributed by atoms with E-state index >= 15 is 0 Å². The fourth-order valence-corrected chi connectivity index (χ4v) is 1.68. The van der Waals surface area contributed by atoms with Crippen molar-refractivity contribution >= 4 is 16.1 Å². The first-order valence-electron chi connectivity index (χ1n) is 5.69. The third-order valence-electron chi connectivity index (χ3n) is 2.25. The predicted octanol–water partition coefficient (Wildman–Crippen LogP) is 0.423. The number of carbonyl (C=O) groups excluding carboxylic acids is 1. The van der Waals surface area contributed by atoms with Gasteiger partial charge in [0.05, 0.1) is 12.9 Å². The van der Waals surface area contributed by atoms with Crippen LogP contribution in [0.3, 0.4) is 0 Å². The molecule has 0 radical (unpaired) electrons. The summed E-state index contributed by atoms with van der Waals surface area (Å²) in [7, 11) is -3.51. The Morgan fingerprint density at radius 2 is 1.95 bits per heavy atom. The molecule has 0 saturated carbocycles. The van der Waals surface area contributed by atoms with Gasteiger partial charge >= 0.3 is 5.97 Å². The summed E-state index contributed by atoms with van der Waals surface area (Å²) in [6.45, 7) is 0.000738. The number of esters is 1. The van der Waals surface area contributed by atoms with Crippen molar-refractivity contribution in [1.82, 2.24) is 0 Å². The van der Waals surface area contributed by atoms with Gasteiger partial charge in [0.2, 0.25) is 0 Å². The number of hydrogen-bond acceptors (Lipinski definition) is 6. The van der Waals surface area contributed by atoms with E-state index in [9.17, 15) is 13.2 Å². The van der Waals surface area contributed by atoms with Crippen molar-refractivity contribution in [3.8, 4) is 0 Å². The number of ether oxygens (including phenoxy) is 1. The van der Waals surface area contributed by atoms with E-state index in [-0.39, 0.29) is 19.6 Å². The molecule has 0 amide bonds. The molecule has 0 aliphatic heterocycles. The molecular formula is C12H17NO5S. The van der Waals surface area contributed by atoms with Gasteiger partial charge in [-0.1, -0.05) is 30.3 Å². The molecule has 0 fully saturated rings. The molecular weight excluding hydrogens is 270 g/mol. The van der Waals surface area contributed by atoms with Gasteiger partial charge in [0.15, 0.2) is 0 Å². The number of nitrogens with two attached hydrogens (primary N) is 1. The Labute approximate surface area is 112 Å². The summed E-state index contributed by atoms with van der Waals surface area (Å²) in [5, 5.41) is 0. The van der Waals surface area contributed by atoms with Crippen LogP contribution in [0.15, 0.2) is 30.3 Å². The van der Waals surface area contributed by atoms with Crippen LogP contribution in [0.4, 0.5) is 0 Å². The lowest BCUT2D eigenvalue weighted by atomic mass is 10.2. The summed E-state index contributed by atoms with van der Waals surface area (Å²) in [6.07, 6.45) is 1.02. The van der Waals surface area contributed by atoms with E-state index in [2.05, 4.69) is 4.18 Å². The van der Waals surface area contributed by atoms with Crippen LogP contribution in [0, 0.1) is 0 Å². The molecule has 2 N–H and O–H groups in total. The van der Waals surface area contributed by atoms with E-state index < -0.39 is 22.1 Å². The summed E-state index contributed by atoms with van der Waals surface area (Å²) in [5.74, 6) is -0.582. The lowest BCUT2D eigenvalue weighted by molar-refractivity contribution is -0.146. The van der Waals surface area contributed by atoms with Crippen LogP contribution in [0.5, 0.6) is 0 Å². The Morgan fingerprint density at radius 3 is 2.53 bits per heavy atom. The summed E-state index contributed by atoms with van der Waals surface area (Å²) >= 11 is 0. The third kappa shape index (κ3) is 6.90. The Balaban J connectivity index is 2.29. The van der Waals surface area contributed by atoms with Crippen LogP contribution in [0.2, 0.25) is 0 Å². The molecule has 1 rings (SSSR count). The molecule has 106 valence electrons. The molecule has 0 heterocycles. The molecule has 1 aromatic rings. The largest absolute Gasteiger partial charge is 0.460 e. The second-order valence-electron chi connectivity index (χ2n) is 4.01. The lowest BCUT2D eigenvalue weighted by Gasteiger charge is -2.11. The molecule has 7 heteroatoms. The highest BCUT2D eigenvalue weighted by atomic mass is 32.2. The zero-order valence-electron chi connectivity index (χ0n) is 10.6. The minimum atomic E-state index is -3.51. The van der Waals surface area contributed by atoms with E-state index in [4.69, 9.17) is 10.5 Å². The van der Waals surface area contributed by atoms with E-state index in [1.54, 1.807) is 0 Å². The predicted molar refractivity (Wildman–Crippen MR) is 69.6 cm³/mol. The van der Waals surface area contributed by atoms with Crippen LogP contribution in [0.25, 0.3) is 0 Å². The van der Waals surface area contributed by atoms with Gasteiger partial charge in [0.25, 0.3) is 10.1 Å².